The van der Waals surface area contributed by atoms with E-state index in [9.17, 15) is 14.9 Å². The monoisotopic (exact) mass is 267 g/mol. The summed E-state index contributed by atoms with van der Waals surface area (Å²) in [5, 5.41) is 13.8. The predicted octanol–water partition coefficient (Wildman–Crippen LogP) is 1.40. The maximum Gasteiger partial charge on any atom is 0.433 e. The molecule has 104 valence electrons. The maximum absolute atomic E-state index is 12.3. The molecular formula is C12H17N3O4. The van der Waals surface area contributed by atoms with Gasteiger partial charge >= 0.3 is 5.88 Å². The third-order valence-corrected chi connectivity index (χ3v) is 3.33. The Morgan fingerprint density at radius 1 is 1.53 bits per heavy atom. The molecule has 0 radical (unpaired) electrons. The average Bonchev–Trinajstić information content (AvgIpc) is 2.90. The Labute approximate surface area is 110 Å². The Bertz CT molecular complexity index is 465. The van der Waals surface area contributed by atoms with Gasteiger partial charge in [0.2, 0.25) is 0 Å². The molecule has 1 aromatic rings. The summed E-state index contributed by atoms with van der Waals surface area (Å²) in [5.74, 6) is -0.640. The molecule has 0 atom stereocenters. The number of nitrogens with one attached hydrogen (secondary N) is 1. The van der Waals surface area contributed by atoms with E-state index in [1.165, 1.54) is 12.1 Å². The smallest absolute Gasteiger partial charge is 0.395 e. The summed E-state index contributed by atoms with van der Waals surface area (Å²) < 4.78 is 4.97. The lowest BCUT2D eigenvalue weighted by Crippen LogP contribution is -2.45. The standard InChI is InChI=1S/C12H17N3O4/c1-2-14(9-5-7-13-8-6-9)12(16)10-3-4-11(19-10)15(17)18/h3-4,9,13H,2,5-8H2,1H3. The van der Waals surface area contributed by atoms with Crippen molar-refractivity contribution in [3.63, 3.8) is 0 Å². The zero-order valence-corrected chi connectivity index (χ0v) is 10.8. The molecule has 0 aromatic carbocycles. The molecule has 7 nitrogen and oxygen atoms in total. The van der Waals surface area contributed by atoms with Crippen LogP contribution in [0, 0.1) is 10.1 Å². The van der Waals surface area contributed by atoms with E-state index in [4.69, 9.17) is 4.42 Å². The number of nitrogens with zero attached hydrogens (tertiary/aromatic N) is 2. The fourth-order valence-corrected chi connectivity index (χ4v) is 2.37. The lowest BCUT2D eigenvalue weighted by atomic mass is 10.0. The second-order valence-electron chi connectivity index (χ2n) is 4.47. The van der Waals surface area contributed by atoms with Crippen molar-refractivity contribution < 1.29 is 14.1 Å². The molecule has 1 aliphatic heterocycles. The van der Waals surface area contributed by atoms with E-state index in [2.05, 4.69) is 5.32 Å². The number of hydrogen-bond acceptors (Lipinski definition) is 5. The number of hydrogen-bond donors (Lipinski definition) is 1. The Hall–Kier alpha value is -1.89. The van der Waals surface area contributed by atoms with Crippen LogP contribution in [0.3, 0.4) is 0 Å². The summed E-state index contributed by atoms with van der Waals surface area (Å²) in [6.07, 6.45) is 1.78. The number of carbonyl (C=O) groups is 1. The number of amides is 1. The average molecular weight is 267 g/mol. The number of carbonyl (C=O) groups excluding carboxylic acids is 1. The Balaban J connectivity index is 2.12. The Kier molecular flexibility index (Phi) is 4.16. The number of furan rings is 1. The minimum Gasteiger partial charge on any atom is -0.395 e. The molecule has 2 heterocycles. The van der Waals surface area contributed by atoms with Crippen molar-refractivity contribution in [2.24, 2.45) is 0 Å². The highest BCUT2D eigenvalue weighted by Gasteiger charge is 2.28. The molecule has 1 fully saturated rings. The van der Waals surface area contributed by atoms with Crippen molar-refractivity contribution in [2.45, 2.75) is 25.8 Å². The zero-order valence-electron chi connectivity index (χ0n) is 10.8. The minimum absolute atomic E-state index is 0.0343. The highest BCUT2D eigenvalue weighted by molar-refractivity contribution is 5.92. The molecule has 1 amide bonds. The first-order valence-corrected chi connectivity index (χ1v) is 6.39. The van der Waals surface area contributed by atoms with Crippen LogP contribution in [0.1, 0.15) is 30.3 Å². The number of piperidine rings is 1. The quantitative estimate of drug-likeness (QED) is 0.658. The van der Waals surface area contributed by atoms with Crippen LogP contribution in [-0.2, 0) is 0 Å². The summed E-state index contributed by atoms with van der Waals surface area (Å²) in [7, 11) is 0. The molecule has 0 spiro atoms. The van der Waals surface area contributed by atoms with Crippen LogP contribution in [0.2, 0.25) is 0 Å². The Morgan fingerprint density at radius 2 is 2.21 bits per heavy atom. The molecule has 1 aromatic heterocycles. The first-order valence-electron chi connectivity index (χ1n) is 6.39. The Morgan fingerprint density at radius 3 is 2.74 bits per heavy atom. The molecular weight excluding hydrogens is 250 g/mol. The zero-order chi connectivity index (χ0) is 13.8. The first-order chi connectivity index (χ1) is 9.13. The fraction of sp³-hybridized carbons (Fsp3) is 0.583. The van der Waals surface area contributed by atoms with Gasteiger partial charge in [-0.15, -0.1) is 0 Å². The van der Waals surface area contributed by atoms with Gasteiger partial charge in [-0.25, -0.2) is 0 Å². The van der Waals surface area contributed by atoms with Crippen molar-refractivity contribution in [2.75, 3.05) is 19.6 Å². The summed E-state index contributed by atoms with van der Waals surface area (Å²) in [6.45, 7) is 4.23. The molecule has 0 unspecified atom stereocenters. The van der Waals surface area contributed by atoms with Gasteiger partial charge in [0, 0.05) is 12.6 Å². The SMILES string of the molecule is CCN(C(=O)c1ccc([N+](=O)[O-])o1)C1CCNCC1. The normalized spacial score (nSPS) is 16.3. The minimum atomic E-state index is -0.641. The largest absolute Gasteiger partial charge is 0.433 e. The summed E-state index contributed by atoms with van der Waals surface area (Å²) in [6, 6.07) is 2.75. The second kappa shape index (κ2) is 5.83. The van der Waals surface area contributed by atoms with E-state index in [0.29, 0.717) is 6.54 Å². The predicted molar refractivity (Wildman–Crippen MR) is 68.0 cm³/mol. The van der Waals surface area contributed by atoms with Gasteiger partial charge in [-0.3, -0.25) is 14.9 Å². The van der Waals surface area contributed by atoms with Crippen molar-refractivity contribution in [1.82, 2.24) is 10.2 Å². The molecule has 7 heteroatoms. The molecule has 1 aliphatic rings. The first kappa shape index (κ1) is 13.5. The van der Waals surface area contributed by atoms with Crippen LogP contribution < -0.4 is 5.32 Å². The topological polar surface area (TPSA) is 88.6 Å². The molecule has 2 rings (SSSR count). The van der Waals surface area contributed by atoms with Crippen LogP contribution in [0.25, 0.3) is 0 Å². The highest BCUT2D eigenvalue weighted by atomic mass is 16.6. The molecule has 0 aliphatic carbocycles. The van der Waals surface area contributed by atoms with Gasteiger partial charge in [0.05, 0.1) is 6.07 Å². The van der Waals surface area contributed by atoms with Crippen molar-refractivity contribution in [3.05, 3.63) is 28.0 Å². The lowest BCUT2D eigenvalue weighted by molar-refractivity contribution is -0.402. The van der Waals surface area contributed by atoms with E-state index >= 15 is 0 Å². The van der Waals surface area contributed by atoms with Crippen molar-refractivity contribution in [1.29, 1.82) is 0 Å². The third kappa shape index (κ3) is 2.93. The van der Waals surface area contributed by atoms with Gasteiger partial charge in [0.15, 0.2) is 5.76 Å². The maximum atomic E-state index is 12.3. The molecule has 0 saturated carbocycles. The fourth-order valence-electron chi connectivity index (χ4n) is 2.37. The van der Waals surface area contributed by atoms with Gasteiger partial charge in [0.25, 0.3) is 5.91 Å². The van der Waals surface area contributed by atoms with Gasteiger partial charge in [-0.1, -0.05) is 0 Å². The van der Waals surface area contributed by atoms with Crippen LogP contribution >= 0.6 is 0 Å². The van der Waals surface area contributed by atoms with Gasteiger partial charge in [-0.2, -0.15) is 0 Å². The van der Waals surface area contributed by atoms with E-state index in [-0.39, 0.29) is 17.7 Å². The van der Waals surface area contributed by atoms with Crippen molar-refractivity contribution >= 4 is 11.8 Å². The highest BCUT2D eigenvalue weighted by Crippen LogP contribution is 2.20. The molecule has 1 N–H and O–H groups in total. The third-order valence-electron chi connectivity index (χ3n) is 3.33. The van der Waals surface area contributed by atoms with Gasteiger partial charge in [-0.05, 0) is 38.9 Å². The van der Waals surface area contributed by atoms with Crippen LogP contribution in [0.5, 0.6) is 0 Å². The summed E-state index contributed by atoms with van der Waals surface area (Å²) in [4.78, 5) is 23.9. The number of rotatable bonds is 4. The van der Waals surface area contributed by atoms with E-state index in [0.717, 1.165) is 25.9 Å². The van der Waals surface area contributed by atoms with E-state index in [1.807, 2.05) is 6.92 Å². The van der Waals surface area contributed by atoms with Gasteiger partial charge in [0.1, 0.15) is 4.92 Å². The van der Waals surface area contributed by atoms with Crippen LogP contribution in [-0.4, -0.2) is 41.4 Å². The van der Waals surface area contributed by atoms with Gasteiger partial charge < -0.3 is 14.6 Å². The van der Waals surface area contributed by atoms with E-state index < -0.39 is 10.8 Å². The second-order valence-corrected chi connectivity index (χ2v) is 4.47. The number of nitro groups is 1. The lowest BCUT2D eigenvalue weighted by Gasteiger charge is -2.33. The van der Waals surface area contributed by atoms with Crippen LogP contribution in [0.15, 0.2) is 16.5 Å². The van der Waals surface area contributed by atoms with Crippen LogP contribution in [0.4, 0.5) is 5.88 Å². The summed E-state index contributed by atoms with van der Waals surface area (Å²) >= 11 is 0. The molecule has 0 bridgehead atoms. The summed E-state index contributed by atoms with van der Waals surface area (Å²) in [5.41, 5.74) is 0. The van der Waals surface area contributed by atoms with Crippen molar-refractivity contribution in [3.8, 4) is 0 Å². The van der Waals surface area contributed by atoms with E-state index in [1.54, 1.807) is 4.90 Å². The molecule has 19 heavy (non-hydrogen) atoms. The molecule has 1 saturated heterocycles.